The molecule has 0 saturated heterocycles. The molecule has 0 bridgehead atoms. The third-order valence-corrected chi connectivity index (χ3v) is 1.51. The molecular weight excluding hydrogens is 124 g/mol. The first-order valence-corrected chi connectivity index (χ1v) is 3.42. The molecule has 0 N–H and O–H groups in total. The molecule has 0 spiro atoms. The fraction of sp³-hybridized carbons (Fsp3) is 0.333. The maximum atomic E-state index is 5.06. The monoisotopic (exact) mass is 136 g/mol. The molecule has 0 radical (unpaired) electrons. The number of methoxy groups -OCH3 is 1. The Balaban J connectivity index is 2.69. The van der Waals surface area contributed by atoms with Gasteiger partial charge in [-0.3, -0.25) is 0 Å². The van der Waals surface area contributed by atoms with Crippen LogP contribution in [0.1, 0.15) is 13.3 Å². The molecule has 1 rings (SSSR count). The minimum Gasteiger partial charge on any atom is -0.497 e. The van der Waals surface area contributed by atoms with E-state index in [1.54, 1.807) is 7.11 Å². The van der Waals surface area contributed by atoms with Crippen molar-refractivity contribution in [1.29, 1.82) is 0 Å². The van der Waals surface area contributed by atoms with Crippen LogP contribution in [0.2, 0.25) is 0 Å². The van der Waals surface area contributed by atoms with Crippen molar-refractivity contribution in [1.82, 2.24) is 0 Å². The summed E-state index contributed by atoms with van der Waals surface area (Å²) in [5.74, 6) is 0.952. The topological polar surface area (TPSA) is 9.23 Å². The Bertz CT molecular complexity index is 197. The first-order valence-electron chi connectivity index (χ1n) is 3.42. The van der Waals surface area contributed by atoms with Crippen molar-refractivity contribution in [2.45, 2.75) is 13.3 Å². The number of allylic oxidation sites excluding steroid dienone is 5. The summed E-state index contributed by atoms with van der Waals surface area (Å²) in [5, 5.41) is 0. The van der Waals surface area contributed by atoms with Crippen LogP contribution in [0.4, 0.5) is 0 Å². The van der Waals surface area contributed by atoms with E-state index in [4.69, 9.17) is 4.74 Å². The highest BCUT2D eigenvalue weighted by atomic mass is 16.5. The van der Waals surface area contributed by atoms with Crippen molar-refractivity contribution in [2.75, 3.05) is 7.11 Å². The zero-order valence-corrected chi connectivity index (χ0v) is 6.42. The van der Waals surface area contributed by atoms with E-state index in [0.29, 0.717) is 0 Å². The van der Waals surface area contributed by atoms with Gasteiger partial charge < -0.3 is 4.74 Å². The maximum absolute atomic E-state index is 5.06. The minimum atomic E-state index is 0.952. The summed E-state index contributed by atoms with van der Waals surface area (Å²) >= 11 is 0. The summed E-state index contributed by atoms with van der Waals surface area (Å²) in [6.07, 6.45) is 9.25. The molecule has 0 aromatic heterocycles. The average Bonchev–Trinajstić information content (AvgIpc) is 2.14. The second kappa shape index (κ2) is 3.25. The predicted molar refractivity (Wildman–Crippen MR) is 42.6 cm³/mol. The van der Waals surface area contributed by atoms with Gasteiger partial charge in [0.15, 0.2) is 0 Å². The van der Waals surface area contributed by atoms with Gasteiger partial charge in [0, 0.05) is 0 Å². The summed E-state index contributed by atoms with van der Waals surface area (Å²) in [5.41, 5.74) is 1.29. The molecule has 10 heavy (non-hydrogen) atoms. The average molecular weight is 136 g/mol. The Morgan fingerprint density at radius 2 is 2.10 bits per heavy atom. The first kappa shape index (κ1) is 7.13. The summed E-state index contributed by atoms with van der Waals surface area (Å²) < 4.78 is 5.06. The molecule has 0 unspecified atom stereocenters. The van der Waals surface area contributed by atoms with Gasteiger partial charge in [-0.2, -0.15) is 0 Å². The molecule has 0 atom stereocenters. The van der Waals surface area contributed by atoms with Crippen LogP contribution in [0.5, 0.6) is 0 Å². The summed E-state index contributed by atoms with van der Waals surface area (Å²) in [6.45, 7) is 2.09. The van der Waals surface area contributed by atoms with Crippen molar-refractivity contribution >= 4 is 0 Å². The third-order valence-electron chi connectivity index (χ3n) is 1.51. The standard InChI is InChI=1S/C9H12O/c1-8-4-3-5-9(10-2)7-6-8/h4-7H,3H2,1-2H3. The molecule has 0 aliphatic heterocycles. The quantitative estimate of drug-likeness (QED) is 0.538. The molecular formula is C9H12O. The van der Waals surface area contributed by atoms with Crippen LogP contribution in [0, 0.1) is 0 Å². The Kier molecular flexibility index (Phi) is 2.32. The Morgan fingerprint density at radius 3 is 2.80 bits per heavy atom. The SMILES string of the molecule is COC1=CCC=C(C)C=C1. The zero-order valence-electron chi connectivity index (χ0n) is 6.42. The second-order valence-corrected chi connectivity index (χ2v) is 2.33. The summed E-state index contributed by atoms with van der Waals surface area (Å²) in [4.78, 5) is 0. The number of hydrogen-bond donors (Lipinski definition) is 0. The Morgan fingerprint density at radius 1 is 1.30 bits per heavy atom. The minimum absolute atomic E-state index is 0.952. The van der Waals surface area contributed by atoms with Gasteiger partial charge >= 0.3 is 0 Å². The van der Waals surface area contributed by atoms with E-state index in [1.165, 1.54) is 5.57 Å². The van der Waals surface area contributed by atoms with Crippen LogP contribution < -0.4 is 0 Å². The molecule has 1 aliphatic carbocycles. The molecule has 0 saturated carbocycles. The molecule has 0 heterocycles. The van der Waals surface area contributed by atoms with E-state index in [9.17, 15) is 0 Å². The summed E-state index contributed by atoms with van der Waals surface area (Å²) in [7, 11) is 1.69. The van der Waals surface area contributed by atoms with Crippen molar-refractivity contribution in [2.24, 2.45) is 0 Å². The Hall–Kier alpha value is -0.980. The van der Waals surface area contributed by atoms with E-state index in [1.807, 2.05) is 6.08 Å². The van der Waals surface area contributed by atoms with Crippen LogP contribution in [0.15, 0.2) is 35.6 Å². The smallest absolute Gasteiger partial charge is 0.115 e. The highest BCUT2D eigenvalue weighted by molar-refractivity contribution is 5.27. The van der Waals surface area contributed by atoms with Gasteiger partial charge in [-0.25, -0.2) is 0 Å². The second-order valence-electron chi connectivity index (χ2n) is 2.33. The van der Waals surface area contributed by atoms with Crippen LogP contribution in [-0.2, 0) is 4.74 Å². The van der Waals surface area contributed by atoms with Gasteiger partial charge in [-0.1, -0.05) is 17.7 Å². The van der Waals surface area contributed by atoms with E-state index >= 15 is 0 Å². The molecule has 54 valence electrons. The van der Waals surface area contributed by atoms with Gasteiger partial charge in [-0.15, -0.1) is 0 Å². The largest absolute Gasteiger partial charge is 0.497 e. The van der Waals surface area contributed by atoms with Gasteiger partial charge in [0.25, 0.3) is 0 Å². The maximum Gasteiger partial charge on any atom is 0.115 e. The predicted octanol–water partition coefficient (Wildman–Crippen LogP) is 2.42. The zero-order chi connectivity index (χ0) is 7.40. The fourth-order valence-corrected chi connectivity index (χ4v) is 0.862. The number of hydrogen-bond acceptors (Lipinski definition) is 1. The van der Waals surface area contributed by atoms with Gasteiger partial charge in [0.2, 0.25) is 0 Å². The van der Waals surface area contributed by atoms with Gasteiger partial charge in [0.1, 0.15) is 5.76 Å². The lowest BCUT2D eigenvalue weighted by Gasteiger charge is -1.95. The van der Waals surface area contributed by atoms with Crippen LogP contribution in [-0.4, -0.2) is 7.11 Å². The normalized spacial score (nSPS) is 17.4. The lowest BCUT2D eigenvalue weighted by Crippen LogP contribution is -1.78. The van der Waals surface area contributed by atoms with Gasteiger partial charge in [-0.05, 0) is 25.5 Å². The molecule has 0 amide bonds. The lowest BCUT2D eigenvalue weighted by molar-refractivity contribution is 0.306. The highest BCUT2D eigenvalue weighted by Crippen LogP contribution is 2.09. The van der Waals surface area contributed by atoms with Crippen molar-refractivity contribution in [3.05, 3.63) is 35.6 Å². The molecule has 1 aliphatic rings. The van der Waals surface area contributed by atoms with Crippen LogP contribution in [0.25, 0.3) is 0 Å². The fourth-order valence-electron chi connectivity index (χ4n) is 0.862. The number of ether oxygens (including phenoxy) is 1. The van der Waals surface area contributed by atoms with Crippen molar-refractivity contribution in [3.8, 4) is 0 Å². The molecule has 1 heteroatoms. The highest BCUT2D eigenvalue weighted by Gasteiger charge is 1.92. The van der Waals surface area contributed by atoms with E-state index in [-0.39, 0.29) is 0 Å². The third kappa shape index (κ3) is 1.76. The van der Waals surface area contributed by atoms with Crippen LogP contribution >= 0.6 is 0 Å². The summed E-state index contributed by atoms with van der Waals surface area (Å²) in [6, 6.07) is 0. The molecule has 0 aromatic rings. The van der Waals surface area contributed by atoms with Crippen molar-refractivity contribution < 1.29 is 4.74 Å². The Labute approximate surface area is 61.7 Å². The molecule has 0 aromatic carbocycles. The van der Waals surface area contributed by atoms with E-state index < -0.39 is 0 Å². The lowest BCUT2D eigenvalue weighted by atomic mass is 10.2. The molecule has 0 fully saturated rings. The van der Waals surface area contributed by atoms with Crippen molar-refractivity contribution in [3.63, 3.8) is 0 Å². The molecule has 1 nitrogen and oxygen atoms in total. The van der Waals surface area contributed by atoms with E-state index in [2.05, 4.69) is 25.2 Å². The van der Waals surface area contributed by atoms with Crippen LogP contribution in [0.3, 0.4) is 0 Å². The van der Waals surface area contributed by atoms with E-state index in [0.717, 1.165) is 12.2 Å². The van der Waals surface area contributed by atoms with Gasteiger partial charge in [0.05, 0.1) is 7.11 Å². The number of rotatable bonds is 1. The first-order chi connectivity index (χ1) is 4.83.